The Hall–Kier alpha value is -3.53. The number of rotatable bonds is 5. The maximum Gasteiger partial charge on any atom is 0.412 e. The largest absolute Gasteiger partial charge is 0.511 e. The van der Waals surface area contributed by atoms with Crippen molar-refractivity contribution in [2.75, 3.05) is 13.1 Å². The van der Waals surface area contributed by atoms with Gasteiger partial charge in [0.25, 0.3) is 11.8 Å². The van der Waals surface area contributed by atoms with Crippen LogP contribution < -0.4 is 16.0 Å². The molecule has 10 nitrogen and oxygen atoms in total. The molecule has 0 unspecified atom stereocenters. The second-order valence-corrected chi connectivity index (χ2v) is 14.0. The highest BCUT2D eigenvalue weighted by atomic mass is 35.5. The number of carbonyl (C=O) groups is 3. The van der Waals surface area contributed by atoms with Crippen LogP contribution in [0.15, 0.2) is 40.8 Å². The summed E-state index contributed by atoms with van der Waals surface area (Å²) >= 11 is 24.4. The first kappa shape index (κ1) is 40.6. The number of ether oxygens (including phenoxy) is 1. The van der Waals surface area contributed by atoms with Crippen molar-refractivity contribution in [3.63, 3.8) is 0 Å². The van der Waals surface area contributed by atoms with Gasteiger partial charge in [0.1, 0.15) is 11.5 Å². The third kappa shape index (κ3) is 11.0. The summed E-state index contributed by atoms with van der Waals surface area (Å²) in [6.07, 6.45) is 1.53. The third-order valence-corrected chi connectivity index (χ3v) is 7.93. The number of benzene rings is 2. The lowest BCUT2D eigenvalue weighted by atomic mass is 9.88. The summed E-state index contributed by atoms with van der Waals surface area (Å²) in [6.45, 7) is 15.6. The van der Waals surface area contributed by atoms with Gasteiger partial charge in [-0.1, -0.05) is 46.4 Å². The number of aliphatic imine (C=N–C) groups is 1. The fourth-order valence-electron chi connectivity index (χ4n) is 5.07. The van der Waals surface area contributed by atoms with E-state index in [1.54, 1.807) is 52.0 Å². The summed E-state index contributed by atoms with van der Waals surface area (Å²) in [5.41, 5.74) is 2.05. The normalized spacial score (nSPS) is 16.2. The molecule has 0 radical (unpaired) electrons. The molecule has 4 rings (SSSR count). The summed E-state index contributed by atoms with van der Waals surface area (Å²) in [4.78, 5) is 49.0. The van der Waals surface area contributed by atoms with E-state index in [9.17, 15) is 19.5 Å². The predicted octanol–water partition coefficient (Wildman–Crippen LogP) is 8.76. The molecule has 0 saturated carbocycles. The Kier molecular flexibility index (Phi) is 14.6. The molecule has 0 bridgehead atoms. The van der Waals surface area contributed by atoms with Crippen LogP contribution in [0.25, 0.3) is 11.1 Å². The highest BCUT2D eigenvalue weighted by Crippen LogP contribution is 2.38. The van der Waals surface area contributed by atoms with Crippen LogP contribution in [0.1, 0.15) is 79.5 Å². The lowest BCUT2D eigenvalue weighted by Gasteiger charge is -2.33. The van der Waals surface area contributed by atoms with Crippen molar-refractivity contribution in [2.24, 2.45) is 4.99 Å². The summed E-state index contributed by atoms with van der Waals surface area (Å²) in [5.74, 6) is -0.304. The van der Waals surface area contributed by atoms with Gasteiger partial charge in [0.15, 0.2) is 0 Å². The quantitative estimate of drug-likeness (QED) is 0.178. The van der Waals surface area contributed by atoms with E-state index in [1.807, 2.05) is 27.7 Å². The van der Waals surface area contributed by atoms with E-state index in [0.29, 0.717) is 62.9 Å². The van der Waals surface area contributed by atoms with Crippen molar-refractivity contribution in [3.05, 3.63) is 78.1 Å². The fraction of sp³-hybridized carbons (Fsp3) is 0.412. The Balaban J connectivity index is 0.000000831. The standard InChI is InChI=1S/C17H20Cl2N2O3.C14H15Cl2NO2.C3H5NO.2H2/c1-5-20-16(23)24-12-8-17(3,4)21-15(22)14(12)13-9(2)6-10(18)7-11(13)19;1-7-4-8(15)5-9(16)11(7)12-10(18)6-14(2,3)17-13(12)19;1-2-4-3-5;;/h6-7H,5,8H2,1-4H3,(H,20,23)(H,21,22);4-5,18H,6H2,1-3H3,(H,17,19);2H2,1H3;2*1H. The van der Waals surface area contributed by atoms with Crippen LogP contribution in [-0.4, -0.2) is 53.3 Å². The molecule has 0 saturated heterocycles. The fourth-order valence-corrected chi connectivity index (χ4v) is 6.45. The molecule has 0 spiro atoms. The molecule has 2 aliphatic heterocycles. The zero-order valence-electron chi connectivity index (χ0n) is 28.1. The SMILES string of the molecule is CCN=C=O.CCNC(=O)OC1=C(c2c(C)cc(Cl)cc2Cl)C(=O)NC(C)(C)C1.Cc1cc(Cl)cc(Cl)c1C1=C(O)CC(C)(C)NC1=O.[HH].[HH]. The van der Waals surface area contributed by atoms with Gasteiger partial charge in [0.05, 0.1) is 21.2 Å². The molecule has 2 aliphatic rings. The summed E-state index contributed by atoms with van der Waals surface area (Å²) < 4.78 is 5.42. The number of hydrogen-bond donors (Lipinski definition) is 4. The molecule has 14 heteroatoms. The van der Waals surface area contributed by atoms with Crippen LogP contribution in [0, 0.1) is 13.8 Å². The average Bonchev–Trinajstić information content (AvgIpc) is 2.91. The first-order valence-corrected chi connectivity index (χ1v) is 16.5. The number of aliphatic hydroxyl groups excluding tert-OH is 1. The van der Waals surface area contributed by atoms with Gasteiger partial charge >= 0.3 is 6.09 Å². The first-order valence-electron chi connectivity index (χ1n) is 15.0. The molecule has 264 valence electrons. The number of aliphatic hydroxyl groups is 1. The van der Waals surface area contributed by atoms with E-state index < -0.39 is 17.2 Å². The molecule has 48 heavy (non-hydrogen) atoms. The van der Waals surface area contributed by atoms with Crippen LogP contribution in [0.3, 0.4) is 0 Å². The Bertz CT molecular complexity index is 1660. The van der Waals surface area contributed by atoms with E-state index in [-0.39, 0.29) is 31.6 Å². The molecule has 2 aromatic carbocycles. The molecule has 4 N–H and O–H groups in total. The Morgan fingerprint density at radius 1 is 0.896 bits per heavy atom. The smallest absolute Gasteiger partial charge is 0.412 e. The zero-order chi connectivity index (χ0) is 36.6. The minimum absolute atomic E-state index is 0. The highest BCUT2D eigenvalue weighted by Gasteiger charge is 2.37. The maximum atomic E-state index is 12.7. The molecular formula is C34H44Cl4N4O6. The first-order chi connectivity index (χ1) is 22.3. The van der Waals surface area contributed by atoms with Crippen molar-refractivity contribution < 1.29 is 31.9 Å². The minimum Gasteiger partial charge on any atom is -0.511 e. The highest BCUT2D eigenvalue weighted by molar-refractivity contribution is 6.38. The number of nitrogens with one attached hydrogen (secondary N) is 3. The van der Waals surface area contributed by atoms with Gasteiger partial charge in [-0.3, -0.25) is 9.59 Å². The van der Waals surface area contributed by atoms with Crippen LogP contribution in [-0.2, 0) is 19.1 Å². The molecular weight excluding hydrogens is 702 g/mol. The van der Waals surface area contributed by atoms with Gasteiger partial charge in [-0.25, -0.2) is 14.6 Å². The van der Waals surface area contributed by atoms with E-state index in [4.69, 9.17) is 55.9 Å². The minimum atomic E-state index is -0.599. The molecule has 0 atom stereocenters. The van der Waals surface area contributed by atoms with Crippen molar-refractivity contribution in [1.82, 2.24) is 16.0 Å². The van der Waals surface area contributed by atoms with Crippen molar-refractivity contribution in [1.29, 1.82) is 0 Å². The molecule has 3 amide bonds. The second kappa shape index (κ2) is 17.2. The lowest BCUT2D eigenvalue weighted by molar-refractivity contribution is -0.118. The van der Waals surface area contributed by atoms with E-state index in [0.717, 1.165) is 11.1 Å². The Labute approximate surface area is 303 Å². The van der Waals surface area contributed by atoms with Gasteiger partial charge in [-0.2, -0.15) is 0 Å². The van der Waals surface area contributed by atoms with E-state index >= 15 is 0 Å². The van der Waals surface area contributed by atoms with Gasteiger partial charge in [0.2, 0.25) is 6.08 Å². The van der Waals surface area contributed by atoms with Crippen molar-refractivity contribution in [2.45, 2.75) is 79.3 Å². The van der Waals surface area contributed by atoms with Crippen molar-refractivity contribution >= 4 is 81.5 Å². The number of carbonyl (C=O) groups excluding carboxylic acids is 4. The molecule has 0 fully saturated rings. The van der Waals surface area contributed by atoms with Gasteiger partial charge in [-0.05, 0) is 90.8 Å². The second-order valence-electron chi connectivity index (χ2n) is 12.3. The maximum absolute atomic E-state index is 12.7. The topological polar surface area (TPSA) is 146 Å². The molecule has 0 aromatic heterocycles. The summed E-state index contributed by atoms with van der Waals surface area (Å²) in [7, 11) is 0. The van der Waals surface area contributed by atoms with Crippen LogP contribution in [0.2, 0.25) is 20.1 Å². The van der Waals surface area contributed by atoms with Crippen LogP contribution in [0.4, 0.5) is 4.79 Å². The zero-order valence-corrected chi connectivity index (χ0v) is 31.1. The summed E-state index contributed by atoms with van der Waals surface area (Å²) in [5, 5.41) is 20.2. The van der Waals surface area contributed by atoms with Gasteiger partial charge < -0.3 is 25.8 Å². The van der Waals surface area contributed by atoms with Crippen LogP contribution in [0.5, 0.6) is 0 Å². The molecule has 2 heterocycles. The Morgan fingerprint density at radius 2 is 1.35 bits per heavy atom. The van der Waals surface area contributed by atoms with Gasteiger partial charge in [-0.15, -0.1) is 0 Å². The number of nitrogens with zero attached hydrogens (tertiary/aromatic N) is 1. The van der Waals surface area contributed by atoms with E-state index in [1.165, 1.54) is 6.08 Å². The van der Waals surface area contributed by atoms with Crippen molar-refractivity contribution in [3.8, 4) is 0 Å². The Morgan fingerprint density at radius 3 is 1.75 bits per heavy atom. The number of amides is 3. The summed E-state index contributed by atoms with van der Waals surface area (Å²) in [6, 6.07) is 6.57. The number of aryl methyl sites for hydroxylation is 2. The predicted molar refractivity (Wildman–Crippen MR) is 196 cm³/mol. The molecule has 2 aromatic rings. The number of halogens is 4. The average molecular weight is 747 g/mol. The number of alkyl carbamates (subject to hydrolysis) is 1. The monoisotopic (exact) mass is 744 g/mol. The van der Waals surface area contributed by atoms with Gasteiger partial charge in [0, 0.05) is 61.0 Å². The number of hydrogen-bond acceptors (Lipinski definition) is 7. The number of isocyanates is 1. The van der Waals surface area contributed by atoms with E-state index in [2.05, 4.69) is 20.9 Å². The van der Waals surface area contributed by atoms with Crippen LogP contribution >= 0.6 is 46.4 Å². The third-order valence-electron chi connectivity index (χ3n) is 6.90. The lowest BCUT2D eigenvalue weighted by Crippen LogP contribution is -2.48. The molecule has 0 aliphatic carbocycles.